The van der Waals surface area contributed by atoms with E-state index in [4.69, 9.17) is 11.8 Å². The molecular formula is C25H28ClN3O2. The summed E-state index contributed by atoms with van der Waals surface area (Å²) in [6, 6.07) is 15.7. The normalized spacial score (nSPS) is 25.8. The predicted molar refractivity (Wildman–Crippen MR) is 121 cm³/mol. The summed E-state index contributed by atoms with van der Waals surface area (Å²) in [5, 5.41) is 3.56. The number of nitrogens with zero attached hydrogens (tertiary/aromatic N) is 2. The van der Waals surface area contributed by atoms with E-state index >= 15 is 0 Å². The molecule has 0 saturated carbocycles. The predicted octanol–water partition coefficient (Wildman–Crippen LogP) is 4.24. The molecule has 2 amide bonds. The quantitative estimate of drug-likeness (QED) is 0.730. The fraction of sp³-hybridized carbons (Fsp3) is 0.440. The van der Waals surface area contributed by atoms with Crippen molar-refractivity contribution in [2.24, 2.45) is 5.92 Å². The van der Waals surface area contributed by atoms with Crippen molar-refractivity contribution in [3.05, 3.63) is 70.8 Å². The first kappa shape index (κ1) is 20.5. The molecule has 0 aromatic heterocycles. The molecule has 31 heavy (non-hydrogen) atoms. The van der Waals surface area contributed by atoms with E-state index in [1.807, 2.05) is 49.4 Å². The zero-order valence-corrected chi connectivity index (χ0v) is 18.5. The molecule has 3 aliphatic rings. The van der Waals surface area contributed by atoms with Crippen LogP contribution in [0.1, 0.15) is 65.3 Å². The maximum Gasteiger partial charge on any atom is 0.269 e. The maximum atomic E-state index is 13.4. The zero-order chi connectivity index (χ0) is 21.5. The van der Waals surface area contributed by atoms with Crippen LogP contribution in [0.15, 0.2) is 48.5 Å². The molecule has 0 radical (unpaired) electrons. The fourth-order valence-corrected chi connectivity index (χ4v) is 5.78. The number of hydrogen-bond donors (Lipinski definition) is 1. The number of piperidine rings is 2. The van der Waals surface area contributed by atoms with Crippen molar-refractivity contribution in [1.29, 1.82) is 0 Å². The van der Waals surface area contributed by atoms with Crippen LogP contribution in [0.3, 0.4) is 0 Å². The van der Waals surface area contributed by atoms with Gasteiger partial charge in [-0.1, -0.05) is 42.5 Å². The third kappa shape index (κ3) is 3.54. The zero-order valence-electron chi connectivity index (χ0n) is 17.8. The smallest absolute Gasteiger partial charge is 0.269 e. The lowest BCUT2D eigenvalue weighted by atomic mass is 9.76. The standard InChI is InChI=1S/C25H28ClN3O2/c1-16(17-7-3-2-4-8-17)29(26)25(31)20-10-5-9-19-18(20)12-14-28-23(19)15-22-21(24(28)30)11-6-13-27-22/h2-5,7-10,16,21-23,27H,6,11-15H2,1H3/t16-,21-,22-,23-/m1/s1. The number of amides is 2. The SMILES string of the molecule is C[C@H](c1ccccc1)N(Cl)C(=O)c1cccc2c1CCN1C(=O)[C@@H]3CCCN[C@@H]3C[C@H]21. The maximum absolute atomic E-state index is 13.4. The number of rotatable bonds is 3. The molecule has 1 N–H and O–H groups in total. The minimum Gasteiger partial charge on any atom is -0.335 e. The van der Waals surface area contributed by atoms with Gasteiger partial charge in [0.05, 0.1) is 18.0 Å². The van der Waals surface area contributed by atoms with Gasteiger partial charge in [0, 0.05) is 29.9 Å². The Morgan fingerprint density at radius 1 is 1.19 bits per heavy atom. The van der Waals surface area contributed by atoms with E-state index in [0.717, 1.165) is 42.5 Å². The topological polar surface area (TPSA) is 52.7 Å². The van der Waals surface area contributed by atoms with Gasteiger partial charge in [-0.25, -0.2) is 4.42 Å². The van der Waals surface area contributed by atoms with Crippen molar-refractivity contribution >= 4 is 23.6 Å². The molecule has 2 fully saturated rings. The molecular weight excluding hydrogens is 410 g/mol. The Kier molecular flexibility index (Phi) is 5.49. The Hall–Kier alpha value is -2.37. The first-order chi connectivity index (χ1) is 15.1. The Balaban J connectivity index is 1.44. The van der Waals surface area contributed by atoms with Gasteiger partial charge in [-0.05, 0) is 61.9 Å². The largest absolute Gasteiger partial charge is 0.335 e. The molecule has 5 nitrogen and oxygen atoms in total. The van der Waals surface area contributed by atoms with Gasteiger partial charge < -0.3 is 10.2 Å². The number of halogens is 1. The molecule has 3 heterocycles. The molecule has 0 spiro atoms. The third-order valence-corrected chi connectivity index (χ3v) is 7.70. The highest BCUT2D eigenvalue weighted by Crippen LogP contribution is 2.42. The Morgan fingerprint density at radius 2 is 2.00 bits per heavy atom. The summed E-state index contributed by atoms with van der Waals surface area (Å²) in [6.07, 6.45) is 3.64. The van der Waals surface area contributed by atoms with Crippen LogP contribution in [-0.4, -0.2) is 40.3 Å². The van der Waals surface area contributed by atoms with E-state index in [0.29, 0.717) is 18.5 Å². The second kappa shape index (κ2) is 8.29. The molecule has 4 atom stereocenters. The Morgan fingerprint density at radius 3 is 2.81 bits per heavy atom. The lowest BCUT2D eigenvalue weighted by Gasteiger charge is -2.48. The number of carbonyl (C=O) groups is 2. The fourth-order valence-electron chi connectivity index (χ4n) is 5.57. The molecule has 6 heteroatoms. The molecule has 0 aliphatic carbocycles. The average molecular weight is 438 g/mol. The van der Waals surface area contributed by atoms with Crippen molar-refractivity contribution in [3.63, 3.8) is 0 Å². The van der Waals surface area contributed by atoms with Gasteiger partial charge in [0.1, 0.15) is 0 Å². The molecule has 5 rings (SSSR count). The molecule has 0 unspecified atom stereocenters. The number of benzene rings is 2. The molecule has 2 saturated heterocycles. The molecule has 162 valence electrons. The van der Waals surface area contributed by atoms with Crippen molar-refractivity contribution < 1.29 is 9.59 Å². The Labute approximate surface area is 188 Å². The first-order valence-electron chi connectivity index (χ1n) is 11.3. The van der Waals surface area contributed by atoms with Gasteiger partial charge in [-0.3, -0.25) is 9.59 Å². The highest BCUT2D eigenvalue weighted by atomic mass is 35.5. The lowest BCUT2D eigenvalue weighted by Crippen LogP contribution is -2.57. The van der Waals surface area contributed by atoms with Gasteiger partial charge in [0.2, 0.25) is 5.91 Å². The van der Waals surface area contributed by atoms with Crippen LogP contribution in [0.5, 0.6) is 0 Å². The van der Waals surface area contributed by atoms with Crippen LogP contribution in [0, 0.1) is 5.92 Å². The summed E-state index contributed by atoms with van der Waals surface area (Å²) in [6.45, 7) is 3.58. The Bertz CT molecular complexity index is 996. The van der Waals surface area contributed by atoms with E-state index in [1.165, 1.54) is 4.42 Å². The monoisotopic (exact) mass is 437 g/mol. The van der Waals surface area contributed by atoms with Crippen molar-refractivity contribution in [2.75, 3.05) is 13.1 Å². The average Bonchev–Trinajstić information content (AvgIpc) is 2.83. The summed E-state index contributed by atoms with van der Waals surface area (Å²) in [5.74, 6) is 0.188. The molecule has 0 bridgehead atoms. The van der Waals surface area contributed by atoms with E-state index < -0.39 is 0 Å². The van der Waals surface area contributed by atoms with Crippen LogP contribution in [0.25, 0.3) is 0 Å². The second-order valence-corrected chi connectivity index (χ2v) is 9.28. The van der Waals surface area contributed by atoms with Gasteiger partial charge >= 0.3 is 0 Å². The summed E-state index contributed by atoms with van der Waals surface area (Å²) < 4.78 is 1.31. The lowest BCUT2D eigenvalue weighted by molar-refractivity contribution is -0.145. The number of fused-ring (bicyclic) bond motifs is 4. The van der Waals surface area contributed by atoms with Crippen molar-refractivity contribution in [2.45, 2.75) is 50.7 Å². The van der Waals surface area contributed by atoms with Crippen LogP contribution in [-0.2, 0) is 11.2 Å². The summed E-state index contributed by atoms with van der Waals surface area (Å²) in [5.41, 5.74) is 3.80. The van der Waals surface area contributed by atoms with Crippen LogP contribution in [0.4, 0.5) is 0 Å². The van der Waals surface area contributed by atoms with E-state index in [2.05, 4.69) is 16.3 Å². The highest BCUT2D eigenvalue weighted by Gasteiger charge is 2.45. The number of hydrogen-bond acceptors (Lipinski definition) is 3. The van der Waals surface area contributed by atoms with Crippen LogP contribution in [0.2, 0.25) is 0 Å². The summed E-state index contributed by atoms with van der Waals surface area (Å²) >= 11 is 6.55. The summed E-state index contributed by atoms with van der Waals surface area (Å²) in [7, 11) is 0. The van der Waals surface area contributed by atoms with Crippen molar-refractivity contribution in [1.82, 2.24) is 14.6 Å². The molecule has 2 aromatic carbocycles. The van der Waals surface area contributed by atoms with Gasteiger partial charge in [-0.15, -0.1) is 0 Å². The minimum absolute atomic E-state index is 0.0335. The highest BCUT2D eigenvalue weighted by molar-refractivity contribution is 6.24. The summed E-state index contributed by atoms with van der Waals surface area (Å²) in [4.78, 5) is 28.6. The first-order valence-corrected chi connectivity index (χ1v) is 11.6. The van der Waals surface area contributed by atoms with E-state index in [1.54, 1.807) is 0 Å². The third-order valence-electron chi connectivity index (χ3n) is 7.26. The van der Waals surface area contributed by atoms with Gasteiger partial charge in [0.15, 0.2) is 0 Å². The van der Waals surface area contributed by atoms with Crippen molar-refractivity contribution in [3.8, 4) is 0 Å². The minimum atomic E-state index is -0.241. The number of carbonyl (C=O) groups excluding carboxylic acids is 2. The molecule has 2 aromatic rings. The van der Waals surface area contributed by atoms with Gasteiger partial charge in [0.25, 0.3) is 5.91 Å². The van der Waals surface area contributed by atoms with Crippen LogP contribution >= 0.6 is 11.8 Å². The van der Waals surface area contributed by atoms with E-state index in [9.17, 15) is 9.59 Å². The second-order valence-electron chi connectivity index (χ2n) is 8.92. The van der Waals surface area contributed by atoms with E-state index in [-0.39, 0.29) is 35.9 Å². The van der Waals surface area contributed by atoms with Gasteiger partial charge in [-0.2, -0.15) is 0 Å². The molecule has 3 aliphatic heterocycles. The van der Waals surface area contributed by atoms with Crippen LogP contribution < -0.4 is 5.32 Å². The number of nitrogens with one attached hydrogen (secondary N) is 1.